The standard InChI is InChI=1S/C17H26ClN/c1-4-14-9-17(10-14,12-19-11-13(2)3)15-7-5-6-8-16(15)18/h5-8,13-14,19H,4,9-12H2,1-3H3. The van der Waals surface area contributed by atoms with Crippen LogP contribution in [-0.4, -0.2) is 13.1 Å². The van der Waals surface area contributed by atoms with Crippen LogP contribution in [0, 0.1) is 11.8 Å². The zero-order chi connectivity index (χ0) is 13.9. The largest absolute Gasteiger partial charge is 0.316 e. The van der Waals surface area contributed by atoms with Crippen LogP contribution in [0.5, 0.6) is 0 Å². The van der Waals surface area contributed by atoms with Crippen LogP contribution in [-0.2, 0) is 5.41 Å². The molecule has 1 nitrogen and oxygen atoms in total. The summed E-state index contributed by atoms with van der Waals surface area (Å²) in [6.45, 7) is 8.95. The monoisotopic (exact) mass is 279 g/mol. The summed E-state index contributed by atoms with van der Waals surface area (Å²) in [5.74, 6) is 1.57. The lowest BCUT2D eigenvalue weighted by molar-refractivity contribution is 0.133. The van der Waals surface area contributed by atoms with Crippen molar-refractivity contribution < 1.29 is 0 Å². The molecule has 0 spiro atoms. The summed E-state index contributed by atoms with van der Waals surface area (Å²) in [7, 11) is 0. The zero-order valence-electron chi connectivity index (χ0n) is 12.4. The molecule has 0 heterocycles. The minimum atomic E-state index is 0.272. The molecule has 0 bridgehead atoms. The molecule has 1 saturated carbocycles. The minimum Gasteiger partial charge on any atom is -0.316 e. The maximum absolute atomic E-state index is 6.43. The highest BCUT2D eigenvalue weighted by Crippen LogP contribution is 2.50. The van der Waals surface area contributed by atoms with Crippen molar-refractivity contribution in [1.29, 1.82) is 0 Å². The van der Waals surface area contributed by atoms with E-state index in [-0.39, 0.29) is 5.41 Å². The van der Waals surface area contributed by atoms with Gasteiger partial charge in [0.1, 0.15) is 0 Å². The van der Waals surface area contributed by atoms with E-state index in [4.69, 9.17) is 11.6 Å². The Morgan fingerprint density at radius 2 is 2.00 bits per heavy atom. The van der Waals surface area contributed by atoms with E-state index in [2.05, 4.69) is 38.2 Å². The van der Waals surface area contributed by atoms with E-state index in [1.54, 1.807) is 0 Å². The Morgan fingerprint density at radius 1 is 1.32 bits per heavy atom. The molecule has 0 saturated heterocycles. The van der Waals surface area contributed by atoms with E-state index in [0.717, 1.165) is 24.0 Å². The van der Waals surface area contributed by atoms with Crippen molar-refractivity contribution in [2.45, 2.75) is 45.4 Å². The third-order valence-corrected chi connectivity index (χ3v) is 4.73. The molecule has 2 rings (SSSR count). The van der Waals surface area contributed by atoms with E-state index in [1.807, 2.05) is 12.1 Å². The summed E-state index contributed by atoms with van der Waals surface area (Å²) in [6, 6.07) is 8.38. The normalized spacial score (nSPS) is 26.5. The van der Waals surface area contributed by atoms with Gasteiger partial charge in [0.15, 0.2) is 0 Å². The summed E-state index contributed by atoms with van der Waals surface area (Å²) in [5, 5.41) is 4.57. The van der Waals surface area contributed by atoms with Gasteiger partial charge >= 0.3 is 0 Å². The lowest BCUT2D eigenvalue weighted by atomic mass is 9.58. The van der Waals surface area contributed by atoms with E-state index in [1.165, 1.54) is 24.8 Å². The molecule has 1 aromatic rings. The molecular formula is C17H26ClN. The van der Waals surface area contributed by atoms with E-state index in [9.17, 15) is 0 Å². The van der Waals surface area contributed by atoms with Crippen molar-refractivity contribution in [3.05, 3.63) is 34.9 Å². The van der Waals surface area contributed by atoms with Crippen molar-refractivity contribution in [3.8, 4) is 0 Å². The highest BCUT2D eigenvalue weighted by Gasteiger charge is 2.45. The fourth-order valence-electron chi connectivity index (χ4n) is 3.28. The van der Waals surface area contributed by atoms with Gasteiger partial charge in [-0.25, -0.2) is 0 Å². The van der Waals surface area contributed by atoms with Crippen LogP contribution in [0.2, 0.25) is 5.02 Å². The summed E-state index contributed by atoms with van der Waals surface area (Å²) in [4.78, 5) is 0. The number of benzene rings is 1. The first-order valence-electron chi connectivity index (χ1n) is 7.53. The van der Waals surface area contributed by atoms with Gasteiger partial charge in [-0.2, -0.15) is 0 Å². The Balaban J connectivity index is 2.10. The predicted octanol–water partition coefficient (Wildman–Crippen LogP) is 4.64. The number of halogens is 1. The number of hydrogen-bond acceptors (Lipinski definition) is 1. The van der Waals surface area contributed by atoms with E-state index >= 15 is 0 Å². The van der Waals surface area contributed by atoms with Crippen LogP contribution in [0.25, 0.3) is 0 Å². The smallest absolute Gasteiger partial charge is 0.0444 e. The van der Waals surface area contributed by atoms with Gasteiger partial charge in [0.25, 0.3) is 0 Å². The third-order valence-electron chi connectivity index (χ3n) is 4.40. The molecule has 2 heteroatoms. The lowest BCUT2D eigenvalue weighted by Gasteiger charge is -2.49. The summed E-state index contributed by atoms with van der Waals surface area (Å²) in [5.41, 5.74) is 1.62. The van der Waals surface area contributed by atoms with Crippen LogP contribution < -0.4 is 5.32 Å². The molecular weight excluding hydrogens is 254 g/mol. The lowest BCUT2D eigenvalue weighted by Crippen LogP contribution is -2.49. The van der Waals surface area contributed by atoms with Crippen molar-refractivity contribution in [3.63, 3.8) is 0 Å². The first kappa shape index (κ1) is 14.9. The number of nitrogens with one attached hydrogen (secondary N) is 1. The van der Waals surface area contributed by atoms with Gasteiger partial charge in [-0.1, -0.05) is 57.0 Å². The SMILES string of the molecule is CCC1CC(CNCC(C)C)(c2ccccc2Cl)C1. The Labute approximate surface area is 122 Å². The van der Waals surface area contributed by atoms with Crippen molar-refractivity contribution in [1.82, 2.24) is 5.32 Å². The van der Waals surface area contributed by atoms with E-state index in [0.29, 0.717) is 5.92 Å². The number of hydrogen-bond donors (Lipinski definition) is 1. The molecule has 0 atom stereocenters. The van der Waals surface area contributed by atoms with Crippen molar-refractivity contribution in [2.75, 3.05) is 13.1 Å². The van der Waals surface area contributed by atoms with Crippen LogP contribution in [0.3, 0.4) is 0 Å². The Hall–Kier alpha value is -0.530. The summed E-state index contributed by atoms with van der Waals surface area (Å²) >= 11 is 6.43. The van der Waals surface area contributed by atoms with Gasteiger partial charge in [0, 0.05) is 17.0 Å². The second-order valence-corrected chi connectivity index (χ2v) is 6.87. The van der Waals surface area contributed by atoms with Crippen LogP contribution in [0.1, 0.15) is 45.6 Å². The quantitative estimate of drug-likeness (QED) is 0.800. The molecule has 0 amide bonds. The maximum Gasteiger partial charge on any atom is 0.0444 e. The second kappa shape index (κ2) is 6.28. The van der Waals surface area contributed by atoms with Gasteiger partial charge in [0.05, 0.1) is 0 Å². The molecule has 0 aromatic heterocycles. The topological polar surface area (TPSA) is 12.0 Å². The van der Waals surface area contributed by atoms with Crippen LogP contribution >= 0.6 is 11.6 Å². The number of rotatable bonds is 6. The minimum absolute atomic E-state index is 0.272. The molecule has 1 aliphatic rings. The molecule has 1 aliphatic carbocycles. The molecule has 1 N–H and O–H groups in total. The Morgan fingerprint density at radius 3 is 2.58 bits per heavy atom. The van der Waals surface area contributed by atoms with Gasteiger partial charge in [0.2, 0.25) is 0 Å². The van der Waals surface area contributed by atoms with Crippen LogP contribution in [0.15, 0.2) is 24.3 Å². The van der Waals surface area contributed by atoms with E-state index < -0.39 is 0 Å². The molecule has 106 valence electrons. The second-order valence-electron chi connectivity index (χ2n) is 6.47. The van der Waals surface area contributed by atoms with Gasteiger partial charge < -0.3 is 5.32 Å². The third kappa shape index (κ3) is 3.32. The fraction of sp³-hybridized carbons (Fsp3) is 0.647. The van der Waals surface area contributed by atoms with Gasteiger partial charge in [-0.05, 0) is 42.9 Å². The molecule has 0 unspecified atom stereocenters. The highest BCUT2D eigenvalue weighted by molar-refractivity contribution is 6.31. The highest BCUT2D eigenvalue weighted by atomic mass is 35.5. The average Bonchev–Trinajstić information content (AvgIpc) is 2.33. The summed E-state index contributed by atoms with van der Waals surface area (Å²) < 4.78 is 0. The van der Waals surface area contributed by atoms with Crippen molar-refractivity contribution >= 4 is 11.6 Å². The average molecular weight is 280 g/mol. The van der Waals surface area contributed by atoms with Crippen molar-refractivity contribution in [2.24, 2.45) is 11.8 Å². The fourth-order valence-corrected chi connectivity index (χ4v) is 3.62. The Bertz CT molecular complexity index is 407. The zero-order valence-corrected chi connectivity index (χ0v) is 13.1. The first-order valence-corrected chi connectivity index (χ1v) is 7.91. The molecule has 1 aromatic carbocycles. The Kier molecular flexibility index (Phi) is 4.92. The molecule has 0 radical (unpaired) electrons. The van der Waals surface area contributed by atoms with Gasteiger partial charge in [-0.3, -0.25) is 0 Å². The van der Waals surface area contributed by atoms with Gasteiger partial charge in [-0.15, -0.1) is 0 Å². The molecule has 0 aliphatic heterocycles. The maximum atomic E-state index is 6.43. The molecule has 19 heavy (non-hydrogen) atoms. The molecule has 1 fully saturated rings. The predicted molar refractivity (Wildman–Crippen MR) is 83.9 cm³/mol. The first-order chi connectivity index (χ1) is 9.07. The summed E-state index contributed by atoms with van der Waals surface area (Å²) in [6.07, 6.45) is 3.84. The van der Waals surface area contributed by atoms with Crippen LogP contribution in [0.4, 0.5) is 0 Å².